The number of carbonyl (C=O) groups excluding carboxylic acids is 1. The fraction of sp³-hybridized carbons (Fsp3) is 0.556. The summed E-state index contributed by atoms with van der Waals surface area (Å²) in [5.74, 6) is 1.03. The number of carbonyl (C=O) groups is 1. The van der Waals surface area contributed by atoms with Crippen molar-refractivity contribution in [2.24, 2.45) is 5.73 Å². The van der Waals surface area contributed by atoms with Gasteiger partial charge in [0.25, 0.3) is 0 Å². The van der Waals surface area contributed by atoms with Gasteiger partial charge >= 0.3 is 0 Å². The highest BCUT2D eigenvalue weighted by Gasteiger charge is 2.53. The molecule has 1 saturated heterocycles. The molecule has 2 aromatic rings. The highest BCUT2D eigenvalue weighted by atomic mass is 16.5. The van der Waals surface area contributed by atoms with Gasteiger partial charge in [0.15, 0.2) is 5.75 Å². The average molecular weight is 343 g/mol. The van der Waals surface area contributed by atoms with Gasteiger partial charge in [0.2, 0.25) is 5.91 Å². The van der Waals surface area contributed by atoms with Gasteiger partial charge < -0.3 is 25.3 Å². The molecule has 2 aliphatic rings. The average Bonchev–Trinajstić information content (AvgIpc) is 3.21. The number of pyridine rings is 1. The molecule has 0 radical (unpaired) electrons. The summed E-state index contributed by atoms with van der Waals surface area (Å²) in [7, 11) is 1.68. The molecule has 25 heavy (non-hydrogen) atoms. The number of hydrogen-bond donors (Lipinski definition) is 2. The number of rotatable bonds is 5. The summed E-state index contributed by atoms with van der Waals surface area (Å²) in [6.07, 6.45) is 7.13. The standard InChI is InChI=1S/C18H25N5O2/c1-25-14-11-21-17-13(4-8-20-17)16(14)22-9-10-23(15(24)3-2-7-19)18(12-22)5-6-18/h4,8,11H,2-3,5-7,9-10,12,19H2,1H3,(H,20,21). The Bertz CT molecular complexity index is 783. The molecule has 2 fully saturated rings. The van der Waals surface area contributed by atoms with Gasteiger partial charge in [-0.15, -0.1) is 0 Å². The number of hydrogen-bond acceptors (Lipinski definition) is 5. The molecule has 0 bridgehead atoms. The van der Waals surface area contributed by atoms with Crippen molar-refractivity contribution in [3.8, 4) is 5.75 Å². The van der Waals surface area contributed by atoms with Gasteiger partial charge in [-0.25, -0.2) is 4.98 Å². The maximum absolute atomic E-state index is 12.6. The number of H-pyrrole nitrogens is 1. The highest BCUT2D eigenvalue weighted by molar-refractivity contribution is 5.93. The Labute approximate surface area is 147 Å². The lowest BCUT2D eigenvalue weighted by molar-refractivity contribution is -0.134. The van der Waals surface area contributed by atoms with Crippen LogP contribution >= 0.6 is 0 Å². The summed E-state index contributed by atoms with van der Waals surface area (Å²) in [6, 6.07) is 2.04. The number of nitrogens with zero attached hydrogens (tertiary/aromatic N) is 3. The fourth-order valence-electron chi connectivity index (χ4n) is 3.97. The number of aromatic nitrogens is 2. The maximum atomic E-state index is 12.6. The molecule has 0 atom stereocenters. The van der Waals surface area contributed by atoms with Crippen LogP contribution in [-0.2, 0) is 4.79 Å². The number of anilines is 1. The molecule has 0 unspecified atom stereocenters. The van der Waals surface area contributed by atoms with Crippen LogP contribution in [0.25, 0.3) is 11.0 Å². The van der Waals surface area contributed by atoms with Crippen LogP contribution < -0.4 is 15.4 Å². The van der Waals surface area contributed by atoms with Crippen LogP contribution in [0.3, 0.4) is 0 Å². The molecular weight excluding hydrogens is 318 g/mol. The Hall–Kier alpha value is -2.28. The van der Waals surface area contributed by atoms with E-state index >= 15 is 0 Å². The molecule has 1 saturated carbocycles. The van der Waals surface area contributed by atoms with Crippen LogP contribution in [0.15, 0.2) is 18.5 Å². The number of ether oxygens (including phenoxy) is 1. The van der Waals surface area contributed by atoms with Gasteiger partial charge in [-0.05, 0) is 31.9 Å². The van der Waals surface area contributed by atoms with Crippen molar-refractivity contribution in [2.45, 2.75) is 31.2 Å². The molecule has 7 nitrogen and oxygen atoms in total. The van der Waals surface area contributed by atoms with E-state index in [1.54, 1.807) is 13.3 Å². The zero-order chi connectivity index (χ0) is 17.4. The number of amides is 1. The van der Waals surface area contributed by atoms with Crippen LogP contribution in [0.2, 0.25) is 0 Å². The second kappa shape index (κ2) is 6.22. The van der Waals surface area contributed by atoms with Crippen molar-refractivity contribution in [1.29, 1.82) is 0 Å². The Morgan fingerprint density at radius 3 is 3.00 bits per heavy atom. The predicted molar refractivity (Wildman–Crippen MR) is 96.8 cm³/mol. The molecule has 3 heterocycles. The first-order chi connectivity index (χ1) is 12.2. The Balaban J connectivity index is 1.61. The monoisotopic (exact) mass is 343 g/mol. The Morgan fingerprint density at radius 1 is 1.44 bits per heavy atom. The van der Waals surface area contributed by atoms with E-state index in [0.717, 1.165) is 61.4 Å². The topological polar surface area (TPSA) is 87.5 Å². The number of aromatic amines is 1. The van der Waals surface area contributed by atoms with Gasteiger partial charge in [0, 0.05) is 37.6 Å². The third-order valence-corrected chi connectivity index (χ3v) is 5.43. The van der Waals surface area contributed by atoms with Gasteiger partial charge in [0.05, 0.1) is 24.5 Å². The zero-order valence-corrected chi connectivity index (χ0v) is 14.6. The molecule has 1 aliphatic carbocycles. The fourth-order valence-corrected chi connectivity index (χ4v) is 3.97. The second-order valence-electron chi connectivity index (χ2n) is 7.00. The quantitative estimate of drug-likeness (QED) is 0.859. The van der Waals surface area contributed by atoms with Crippen LogP contribution in [0, 0.1) is 0 Å². The van der Waals surface area contributed by atoms with Crippen LogP contribution in [0.1, 0.15) is 25.7 Å². The van der Waals surface area contributed by atoms with E-state index in [9.17, 15) is 4.79 Å². The third kappa shape index (κ3) is 2.72. The largest absolute Gasteiger partial charge is 0.493 e. The number of nitrogens with one attached hydrogen (secondary N) is 1. The second-order valence-corrected chi connectivity index (χ2v) is 7.00. The minimum absolute atomic E-state index is 0.0131. The summed E-state index contributed by atoms with van der Waals surface area (Å²) in [4.78, 5) is 24.6. The molecule has 4 rings (SSSR count). The van der Waals surface area contributed by atoms with Gasteiger partial charge in [-0.3, -0.25) is 4.79 Å². The molecule has 1 spiro atoms. The summed E-state index contributed by atoms with van der Waals surface area (Å²) in [6.45, 7) is 2.97. The van der Waals surface area contributed by atoms with Gasteiger partial charge in [-0.1, -0.05) is 0 Å². The molecule has 0 aromatic carbocycles. The van der Waals surface area contributed by atoms with E-state index in [1.807, 2.05) is 12.3 Å². The molecule has 7 heteroatoms. The van der Waals surface area contributed by atoms with Crippen LogP contribution in [0.4, 0.5) is 5.69 Å². The van der Waals surface area contributed by atoms with Crippen molar-refractivity contribution >= 4 is 22.6 Å². The van der Waals surface area contributed by atoms with Crippen molar-refractivity contribution in [3.05, 3.63) is 18.5 Å². The molecular formula is C18H25N5O2. The van der Waals surface area contributed by atoms with Crippen LogP contribution in [-0.4, -0.2) is 59.6 Å². The first-order valence-corrected chi connectivity index (χ1v) is 8.94. The molecule has 1 amide bonds. The predicted octanol–water partition coefficient (Wildman–Crippen LogP) is 1.49. The normalized spacial score (nSPS) is 18.8. The molecule has 134 valence electrons. The van der Waals surface area contributed by atoms with Crippen molar-refractivity contribution in [1.82, 2.24) is 14.9 Å². The molecule has 2 aromatic heterocycles. The van der Waals surface area contributed by atoms with E-state index < -0.39 is 0 Å². The van der Waals surface area contributed by atoms with Crippen molar-refractivity contribution in [2.75, 3.05) is 38.2 Å². The van der Waals surface area contributed by atoms with Crippen molar-refractivity contribution < 1.29 is 9.53 Å². The lowest BCUT2D eigenvalue weighted by Gasteiger charge is -2.43. The van der Waals surface area contributed by atoms with E-state index in [1.165, 1.54) is 0 Å². The third-order valence-electron chi connectivity index (χ3n) is 5.43. The summed E-state index contributed by atoms with van der Waals surface area (Å²) in [5.41, 5.74) is 7.49. The SMILES string of the molecule is COc1cnc2[nH]ccc2c1N1CCN(C(=O)CCCN)C2(CC2)C1. The van der Waals surface area contributed by atoms with Gasteiger partial charge in [-0.2, -0.15) is 0 Å². The van der Waals surface area contributed by atoms with E-state index in [-0.39, 0.29) is 11.4 Å². The first-order valence-electron chi connectivity index (χ1n) is 8.94. The Kier molecular flexibility index (Phi) is 4.03. The number of methoxy groups -OCH3 is 1. The van der Waals surface area contributed by atoms with Crippen LogP contribution in [0.5, 0.6) is 5.75 Å². The van der Waals surface area contributed by atoms with E-state index in [2.05, 4.69) is 19.8 Å². The minimum Gasteiger partial charge on any atom is -0.493 e. The zero-order valence-electron chi connectivity index (χ0n) is 14.6. The number of fused-ring (bicyclic) bond motifs is 1. The van der Waals surface area contributed by atoms with E-state index in [4.69, 9.17) is 10.5 Å². The molecule has 3 N–H and O–H groups in total. The lowest BCUT2D eigenvalue weighted by Crippen LogP contribution is -2.57. The minimum atomic E-state index is -0.0131. The summed E-state index contributed by atoms with van der Waals surface area (Å²) >= 11 is 0. The first kappa shape index (κ1) is 16.2. The summed E-state index contributed by atoms with van der Waals surface area (Å²) < 4.78 is 5.58. The van der Waals surface area contributed by atoms with Gasteiger partial charge in [0.1, 0.15) is 5.65 Å². The number of nitrogens with two attached hydrogens (primary N) is 1. The smallest absolute Gasteiger partial charge is 0.223 e. The van der Waals surface area contributed by atoms with E-state index in [0.29, 0.717) is 13.0 Å². The number of piperazine rings is 1. The molecule has 1 aliphatic heterocycles. The summed E-state index contributed by atoms with van der Waals surface area (Å²) in [5, 5.41) is 1.07. The Morgan fingerprint density at radius 2 is 2.28 bits per heavy atom. The highest BCUT2D eigenvalue weighted by Crippen LogP contribution is 2.47. The maximum Gasteiger partial charge on any atom is 0.223 e. The lowest BCUT2D eigenvalue weighted by atomic mass is 10.1. The van der Waals surface area contributed by atoms with Crippen molar-refractivity contribution in [3.63, 3.8) is 0 Å².